The Bertz CT molecular complexity index is 481. The minimum absolute atomic E-state index is 0.149. The third-order valence-electron chi connectivity index (χ3n) is 2.12. The minimum atomic E-state index is -0.149. The lowest BCUT2D eigenvalue weighted by molar-refractivity contribution is 0.0945. The molecule has 0 spiro atoms. The topological polar surface area (TPSA) is 54.9 Å². The summed E-state index contributed by atoms with van der Waals surface area (Å²) in [6.07, 6.45) is 1.70. The molecule has 2 aromatic rings. The monoisotopic (exact) mass is 233 g/mol. The van der Waals surface area contributed by atoms with Crippen molar-refractivity contribution in [2.24, 2.45) is 0 Å². The zero-order valence-electron chi connectivity index (χ0n) is 8.80. The van der Waals surface area contributed by atoms with Gasteiger partial charge >= 0.3 is 0 Å². The van der Waals surface area contributed by atoms with Gasteiger partial charge in [0.15, 0.2) is 0 Å². The van der Waals surface area contributed by atoms with Gasteiger partial charge in [0, 0.05) is 11.1 Å². The lowest BCUT2D eigenvalue weighted by atomic mass is 10.3. The molecule has 0 aliphatic heterocycles. The van der Waals surface area contributed by atoms with E-state index in [2.05, 4.69) is 15.3 Å². The number of pyridine rings is 1. The van der Waals surface area contributed by atoms with E-state index in [1.54, 1.807) is 11.7 Å². The Morgan fingerprint density at radius 3 is 2.94 bits per heavy atom. The van der Waals surface area contributed by atoms with Gasteiger partial charge in [-0.2, -0.15) is 0 Å². The molecule has 82 valence electrons. The molecule has 1 N–H and O–H groups in total. The summed E-state index contributed by atoms with van der Waals surface area (Å²) in [6, 6.07) is 5.60. The number of hydrogen-bond donors (Lipinski definition) is 1. The summed E-state index contributed by atoms with van der Waals surface area (Å²) in [5.74, 6) is -0.149. The highest BCUT2D eigenvalue weighted by Gasteiger charge is 2.11. The molecule has 2 heterocycles. The predicted octanol–water partition coefficient (Wildman–Crippen LogP) is 1.78. The van der Waals surface area contributed by atoms with Gasteiger partial charge in [0.1, 0.15) is 5.69 Å². The fourth-order valence-electron chi connectivity index (χ4n) is 1.28. The van der Waals surface area contributed by atoms with Crippen molar-refractivity contribution in [1.29, 1.82) is 0 Å². The maximum Gasteiger partial charge on any atom is 0.271 e. The van der Waals surface area contributed by atoms with Crippen molar-refractivity contribution < 1.29 is 4.79 Å². The molecule has 2 rings (SSSR count). The number of aromatic nitrogens is 2. The molecule has 0 saturated heterocycles. The minimum Gasteiger partial charge on any atom is -0.345 e. The Labute approximate surface area is 97.4 Å². The fraction of sp³-hybridized carbons (Fsp3) is 0.182. The third kappa shape index (κ3) is 2.43. The van der Waals surface area contributed by atoms with Crippen molar-refractivity contribution in [2.75, 3.05) is 0 Å². The number of amides is 1. The quantitative estimate of drug-likeness (QED) is 0.879. The van der Waals surface area contributed by atoms with Gasteiger partial charge in [-0.3, -0.25) is 9.78 Å². The van der Waals surface area contributed by atoms with E-state index in [-0.39, 0.29) is 5.91 Å². The van der Waals surface area contributed by atoms with Crippen LogP contribution in [-0.2, 0) is 6.54 Å². The number of hydrogen-bond acceptors (Lipinski definition) is 4. The molecule has 5 heteroatoms. The Morgan fingerprint density at radius 1 is 1.44 bits per heavy atom. The second kappa shape index (κ2) is 4.85. The highest BCUT2D eigenvalue weighted by atomic mass is 32.1. The van der Waals surface area contributed by atoms with Crippen LogP contribution in [0.1, 0.15) is 21.1 Å². The maximum atomic E-state index is 11.7. The third-order valence-corrected chi connectivity index (χ3v) is 2.87. The van der Waals surface area contributed by atoms with Crippen LogP contribution in [0.5, 0.6) is 0 Å². The number of thiazole rings is 1. The molecular formula is C11H11N3OS. The first kappa shape index (κ1) is 10.8. The van der Waals surface area contributed by atoms with E-state index in [4.69, 9.17) is 0 Å². The predicted molar refractivity (Wildman–Crippen MR) is 62.3 cm³/mol. The Hall–Kier alpha value is -1.75. The van der Waals surface area contributed by atoms with Gasteiger partial charge in [-0.25, -0.2) is 4.98 Å². The lowest BCUT2D eigenvalue weighted by Gasteiger charge is -2.02. The van der Waals surface area contributed by atoms with E-state index < -0.39 is 0 Å². The molecule has 0 fully saturated rings. The first-order chi connectivity index (χ1) is 7.77. The molecule has 1 amide bonds. The maximum absolute atomic E-state index is 11.7. The average molecular weight is 233 g/mol. The van der Waals surface area contributed by atoms with Gasteiger partial charge in [0.2, 0.25) is 0 Å². The second-order valence-corrected chi connectivity index (χ2v) is 4.32. The standard InChI is InChI=1S/C11H11N3OS/c1-8-10(14-7-16-8)11(15)13-6-9-4-2-3-5-12-9/h2-5,7H,6H2,1H3,(H,13,15). The first-order valence-electron chi connectivity index (χ1n) is 4.85. The van der Waals surface area contributed by atoms with Crippen LogP contribution >= 0.6 is 11.3 Å². The summed E-state index contributed by atoms with van der Waals surface area (Å²) in [5.41, 5.74) is 3.01. The zero-order valence-corrected chi connectivity index (χ0v) is 9.62. The van der Waals surface area contributed by atoms with Crippen LogP contribution in [0.4, 0.5) is 0 Å². The zero-order chi connectivity index (χ0) is 11.4. The number of rotatable bonds is 3. The number of carbonyl (C=O) groups is 1. The van der Waals surface area contributed by atoms with Gasteiger partial charge in [-0.05, 0) is 19.1 Å². The number of aryl methyl sites for hydroxylation is 1. The molecule has 0 radical (unpaired) electrons. The average Bonchev–Trinajstić information content (AvgIpc) is 2.74. The molecule has 0 aliphatic rings. The van der Waals surface area contributed by atoms with Crippen molar-refractivity contribution in [3.05, 3.63) is 46.2 Å². The summed E-state index contributed by atoms with van der Waals surface area (Å²) < 4.78 is 0. The van der Waals surface area contributed by atoms with Crippen molar-refractivity contribution in [2.45, 2.75) is 13.5 Å². The molecule has 0 atom stereocenters. The van der Waals surface area contributed by atoms with Crippen molar-refractivity contribution in [1.82, 2.24) is 15.3 Å². The summed E-state index contributed by atoms with van der Waals surface area (Å²) in [7, 11) is 0. The summed E-state index contributed by atoms with van der Waals surface area (Å²) >= 11 is 1.47. The van der Waals surface area contributed by atoms with Crippen LogP contribution in [0, 0.1) is 6.92 Å². The molecule has 16 heavy (non-hydrogen) atoms. The molecule has 0 bridgehead atoms. The van der Waals surface area contributed by atoms with Gasteiger partial charge < -0.3 is 5.32 Å². The largest absolute Gasteiger partial charge is 0.345 e. The molecule has 0 unspecified atom stereocenters. The number of carbonyl (C=O) groups excluding carboxylic acids is 1. The molecule has 0 aliphatic carbocycles. The van der Waals surface area contributed by atoms with Crippen LogP contribution in [0.15, 0.2) is 29.9 Å². The van der Waals surface area contributed by atoms with Crippen LogP contribution in [0.25, 0.3) is 0 Å². The summed E-state index contributed by atoms with van der Waals surface area (Å²) in [6.45, 7) is 2.31. The summed E-state index contributed by atoms with van der Waals surface area (Å²) in [4.78, 5) is 20.8. The van der Waals surface area contributed by atoms with E-state index in [0.717, 1.165) is 10.6 Å². The van der Waals surface area contributed by atoms with E-state index in [1.165, 1.54) is 11.3 Å². The van der Waals surface area contributed by atoms with Crippen molar-refractivity contribution >= 4 is 17.2 Å². The smallest absolute Gasteiger partial charge is 0.271 e. The molecule has 4 nitrogen and oxygen atoms in total. The lowest BCUT2D eigenvalue weighted by Crippen LogP contribution is -2.24. The fourth-order valence-corrected chi connectivity index (χ4v) is 1.85. The highest BCUT2D eigenvalue weighted by Crippen LogP contribution is 2.10. The highest BCUT2D eigenvalue weighted by molar-refractivity contribution is 7.09. The SMILES string of the molecule is Cc1scnc1C(=O)NCc1ccccn1. The molecule has 2 aromatic heterocycles. The number of nitrogens with zero attached hydrogens (tertiary/aromatic N) is 2. The van der Waals surface area contributed by atoms with Crippen molar-refractivity contribution in [3.63, 3.8) is 0 Å². The van der Waals surface area contributed by atoms with Crippen LogP contribution in [0.3, 0.4) is 0 Å². The van der Waals surface area contributed by atoms with Crippen LogP contribution in [-0.4, -0.2) is 15.9 Å². The van der Waals surface area contributed by atoms with Gasteiger partial charge in [-0.15, -0.1) is 11.3 Å². The van der Waals surface area contributed by atoms with Gasteiger partial charge in [0.25, 0.3) is 5.91 Å². The normalized spacial score (nSPS) is 10.1. The van der Waals surface area contributed by atoms with Crippen LogP contribution < -0.4 is 5.32 Å². The van der Waals surface area contributed by atoms with E-state index >= 15 is 0 Å². The number of nitrogens with one attached hydrogen (secondary N) is 1. The van der Waals surface area contributed by atoms with Gasteiger partial charge in [0.05, 0.1) is 17.7 Å². The Morgan fingerprint density at radius 2 is 2.31 bits per heavy atom. The van der Waals surface area contributed by atoms with Crippen LogP contribution in [0.2, 0.25) is 0 Å². The van der Waals surface area contributed by atoms with E-state index in [0.29, 0.717) is 12.2 Å². The molecule has 0 aromatic carbocycles. The first-order valence-corrected chi connectivity index (χ1v) is 5.73. The second-order valence-electron chi connectivity index (χ2n) is 3.26. The van der Waals surface area contributed by atoms with Crippen molar-refractivity contribution in [3.8, 4) is 0 Å². The summed E-state index contributed by atoms with van der Waals surface area (Å²) in [5, 5.41) is 2.78. The Kier molecular flexibility index (Phi) is 3.26. The Balaban J connectivity index is 1.97. The van der Waals surface area contributed by atoms with Gasteiger partial charge in [-0.1, -0.05) is 6.07 Å². The van der Waals surface area contributed by atoms with E-state index in [1.807, 2.05) is 25.1 Å². The molecular weight excluding hydrogens is 222 g/mol. The van der Waals surface area contributed by atoms with E-state index in [9.17, 15) is 4.79 Å². The molecule has 0 saturated carbocycles.